The summed E-state index contributed by atoms with van der Waals surface area (Å²) in [6.45, 7) is 45.5. The predicted octanol–water partition coefficient (Wildman–Crippen LogP) is 16.3. The van der Waals surface area contributed by atoms with Crippen LogP contribution < -0.4 is 0 Å². The molecule has 0 aromatic heterocycles. The van der Waals surface area contributed by atoms with Gasteiger partial charge in [0.25, 0.3) is 0 Å². The minimum atomic E-state index is -0.588. The van der Waals surface area contributed by atoms with Gasteiger partial charge in [0.05, 0.1) is 67.1 Å². The van der Waals surface area contributed by atoms with Gasteiger partial charge in [-0.25, -0.2) is 4.39 Å². The number of halogens is 1. The molecule has 0 radical (unpaired) electrons. The van der Waals surface area contributed by atoms with E-state index in [1.807, 2.05) is 71.1 Å². The molecule has 22 aliphatic rings. The molecule has 0 N–H and O–H groups in total. The Bertz CT molecular complexity index is 2960. The highest BCUT2D eigenvalue weighted by molar-refractivity contribution is 5.00. The molecule has 11 saturated heterocycles. The lowest BCUT2D eigenvalue weighted by Gasteiger charge is -2.47. The Labute approximate surface area is 870 Å². The van der Waals surface area contributed by atoms with Crippen LogP contribution in [0.15, 0.2) is 0 Å². The minimum Gasteiger partial charge on any atom is -0.381 e. The third kappa shape index (κ3) is 37.9. The first-order chi connectivity index (χ1) is 68.9. The van der Waals surface area contributed by atoms with Gasteiger partial charge in [-0.05, 0) is 382 Å². The molecule has 11 aliphatic carbocycles. The fourth-order valence-electron chi connectivity index (χ4n) is 26.6. The van der Waals surface area contributed by atoms with Gasteiger partial charge in [0.2, 0.25) is 0 Å². The summed E-state index contributed by atoms with van der Waals surface area (Å²) in [5.74, 6) is 2.78. The average molecular weight is 2010 g/mol. The van der Waals surface area contributed by atoms with Gasteiger partial charge in [-0.3, -0.25) is 34.3 Å². The first-order valence-corrected chi connectivity index (χ1v) is 59.6. The topological polar surface area (TPSA) is 147 Å². The number of likely N-dealkylation sites (N-methyl/N-ethyl adjacent to an activating group) is 3. The molecule has 0 aromatic rings. The Morgan fingerprint density at radius 3 is 0.662 bits per heavy atom. The fraction of sp³-hybridized carbons (Fsp3) is 1.00. The molecular weight excluding hydrogens is 1780 g/mol. The van der Waals surface area contributed by atoms with Crippen LogP contribution in [-0.2, 0) is 52.1 Å². The molecule has 22 rings (SSSR count). The summed E-state index contributed by atoms with van der Waals surface area (Å²) in [6, 6.07) is 11.2. The van der Waals surface area contributed by atoms with E-state index in [-0.39, 0.29) is 0 Å². The molecule has 142 heavy (non-hydrogen) atoms. The predicted molar refractivity (Wildman–Crippen MR) is 580 cm³/mol. The molecule has 11 heterocycles. The SMILES string of the molecule is COC1CC(N2CCC(C)CC2)C1.COC1CC(N2CCCCC2)C1.COC1CC(N2CCCCC2)C1.COC1CC(N2CCCCC2)C1.COC1CC(N2CCCC[C@@H]2C)C1.COC1CC(N2CCC[C@@H](C)C2)C1.COC1CC(N2CCC[C@@H](F)C2)C1.COC1CC(N2CCC[C@H](C)C2)C1.COC1CC(N2CCN(C)CC2)C1.COC1CC(N2CCN(C)[C@@H](C)C2)C1.COC1CC(N2CCN(C)[C@H](C)C2)C1. The summed E-state index contributed by atoms with van der Waals surface area (Å²) < 4.78 is 71.3. The molecule has 830 valence electrons. The second-order valence-corrected chi connectivity index (χ2v) is 49.1. The van der Waals surface area contributed by atoms with Crippen LogP contribution >= 0.6 is 0 Å². The second-order valence-electron chi connectivity index (χ2n) is 49.1. The lowest BCUT2D eigenvalue weighted by Crippen LogP contribution is -2.57. The molecule has 0 aromatic carbocycles. The minimum absolute atomic E-state index is 0.435. The van der Waals surface area contributed by atoms with E-state index in [4.69, 9.17) is 52.1 Å². The molecule has 0 amide bonds. The van der Waals surface area contributed by atoms with Gasteiger partial charge in [-0.2, -0.15) is 0 Å². The molecule has 26 heteroatoms. The highest BCUT2D eigenvalue weighted by Crippen LogP contribution is 2.40. The Morgan fingerprint density at radius 1 is 0.176 bits per heavy atom. The normalized spacial score (nSPS) is 39.7. The zero-order valence-electron chi connectivity index (χ0n) is 95.2. The van der Waals surface area contributed by atoms with Crippen molar-refractivity contribution in [1.82, 2.24) is 68.6 Å². The van der Waals surface area contributed by atoms with Gasteiger partial charge in [0, 0.05) is 248 Å². The first-order valence-electron chi connectivity index (χ1n) is 59.6. The number of alkyl halides is 1. The lowest BCUT2D eigenvalue weighted by molar-refractivity contribution is -0.0464. The monoisotopic (exact) mass is 2010 g/mol. The van der Waals surface area contributed by atoms with Crippen LogP contribution in [0.4, 0.5) is 4.39 Å². The molecule has 0 unspecified atom stereocenters. The van der Waals surface area contributed by atoms with Crippen molar-refractivity contribution >= 4 is 0 Å². The van der Waals surface area contributed by atoms with Crippen molar-refractivity contribution in [2.75, 3.05) is 263 Å². The van der Waals surface area contributed by atoms with Crippen LogP contribution in [0, 0.1) is 17.8 Å². The number of nitrogens with zero attached hydrogens (tertiary/aromatic N) is 14. The average Bonchev–Trinajstić information content (AvgIpc) is 0.821. The van der Waals surface area contributed by atoms with Gasteiger partial charge in [0.15, 0.2) is 0 Å². The molecule has 11 saturated carbocycles. The van der Waals surface area contributed by atoms with Crippen LogP contribution in [0.1, 0.15) is 311 Å². The molecule has 22 fully saturated rings. The maximum absolute atomic E-state index is 13.1. The standard InChI is InChI=1S/2C11H22N2O.4C11H21NO.C10H18FNO.C10H20N2O.3C10H19NO/c2*1-9-8-13(5-4-12(9)2)10-6-11(7-10)14-3;1-9-3-5-12(6-4-9)10-7-11(8-10)13-2;2*1-9-4-3-5-12(8-9)10-6-11(7-10)13-2;1-9-5-3-4-6-12(9)10-7-11(8-10)13-2;1-13-10-5-9(6-10)12-4-2-3-8(11)7-12;1-11-3-5-12(6-4-11)9-7-10(8-9)13-2;3*1-12-10-7-9(8-10)11-5-3-2-4-6-11/h2*9-11H,4-8H2,1-3H3;4*9-11H,3-8H2,1-2H3;8-10H,2-7H2,1H3;9-10H,3-8H2,1-2H3;3*9-10H,2-8H2,1H3/t2*9-,10?,11?;;3*9-,10?,11?;8-,9?,10?;;;;/m10.1001..../s1. The van der Waals surface area contributed by atoms with Crippen molar-refractivity contribution < 1.29 is 56.5 Å². The summed E-state index contributed by atoms with van der Waals surface area (Å²) in [5.41, 5.74) is 0. The van der Waals surface area contributed by atoms with Crippen molar-refractivity contribution in [2.45, 2.75) is 469 Å². The van der Waals surface area contributed by atoms with E-state index in [9.17, 15) is 4.39 Å². The van der Waals surface area contributed by atoms with E-state index in [0.29, 0.717) is 91.8 Å². The number of piperazine rings is 3. The number of hydrogen-bond acceptors (Lipinski definition) is 25. The number of ether oxygens (including phenoxy) is 11. The van der Waals surface area contributed by atoms with E-state index in [1.165, 1.54) is 395 Å². The Kier molecular flexibility index (Phi) is 53.6. The molecule has 0 spiro atoms. The lowest BCUT2D eigenvalue weighted by atomic mass is 9.85. The molecular formula is C116H223FN14O11. The summed E-state index contributed by atoms with van der Waals surface area (Å²) in [5, 5.41) is 0. The van der Waals surface area contributed by atoms with E-state index in [1.54, 1.807) is 7.11 Å². The summed E-state index contributed by atoms with van der Waals surface area (Å²) >= 11 is 0. The van der Waals surface area contributed by atoms with Gasteiger partial charge in [-0.1, -0.05) is 46.5 Å². The molecule has 11 aliphatic heterocycles. The van der Waals surface area contributed by atoms with Crippen molar-refractivity contribution in [3.8, 4) is 0 Å². The summed E-state index contributed by atoms with van der Waals surface area (Å²) in [6.07, 6.45) is 60.1. The molecule has 0 bridgehead atoms. The first kappa shape index (κ1) is 120. The van der Waals surface area contributed by atoms with Crippen LogP contribution in [-0.4, -0.2) is 489 Å². The van der Waals surface area contributed by atoms with Crippen molar-refractivity contribution in [3.05, 3.63) is 0 Å². The van der Waals surface area contributed by atoms with Crippen LogP contribution in [0.25, 0.3) is 0 Å². The zero-order chi connectivity index (χ0) is 101. The van der Waals surface area contributed by atoms with Gasteiger partial charge in [0.1, 0.15) is 6.17 Å². The number of likely N-dealkylation sites (tertiary alicyclic amines) is 8. The zero-order valence-corrected chi connectivity index (χ0v) is 95.2. The molecule has 6 atom stereocenters. The fourth-order valence-corrected chi connectivity index (χ4v) is 26.6. The van der Waals surface area contributed by atoms with Crippen LogP contribution in [0.5, 0.6) is 0 Å². The van der Waals surface area contributed by atoms with Gasteiger partial charge in [-0.15, -0.1) is 0 Å². The van der Waals surface area contributed by atoms with E-state index in [0.717, 1.165) is 116 Å². The van der Waals surface area contributed by atoms with Crippen LogP contribution in [0.3, 0.4) is 0 Å². The van der Waals surface area contributed by atoms with Crippen molar-refractivity contribution in [3.63, 3.8) is 0 Å². The smallest absolute Gasteiger partial charge is 0.113 e. The second kappa shape index (κ2) is 63.7. The van der Waals surface area contributed by atoms with Gasteiger partial charge >= 0.3 is 0 Å². The van der Waals surface area contributed by atoms with E-state index < -0.39 is 6.17 Å². The third-order valence-electron chi connectivity index (χ3n) is 39.2. The highest BCUT2D eigenvalue weighted by atomic mass is 19.1. The molecule has 25 nitrogen and oxygen atoms in total. The van der Waals surface area contributed by atoms with Crippen molar-refractivity contribution in [2.24, 2.45) is 17.8 Å². The largest absolute Gasteiger partial charge is 0.381 e. The maximum atomic E-state index is 13.1. The third-order valence-corrected chi connectivity index (χ3v) is 39.2. The van der Waals surface area contributed by atoms with Gasteiger partial charge < -0.3 is 86.4 Å². The highest BCUT2D eigenvalue weighted by Gasteiger charge is 2.45. The quantitative estimate of drug-likeness (QED) is 0.101. The summed E-state index contributed by atoms with van der Waals surface area (Å²) in [4.78, 5) is 36.1. The number of methoxy groups -OCH3 is 11. The Morgan fingerprint density at radius 2 is 0.401 bits per heavy atom. The van der Waals surface area contributed by atoms with Crippen LogP contribution in [0.2, 0.25) is 0 Å². The van der Waals surface area contributed by atoms with E-state index >= 15 is 0 Å². The maximum Gasteiger partial charge on any atom is 0.113 e. The number of hydrogen-bond donors (Lipinski definition) is 0. The number of piperidine rings is 8. The van der Waals surface area contributed by atoms with Crippen molar-refractivity contribution in [1.29, 1.82) is 0 Å². The number of rotatable bonds is 22. The Balaban J connectivity index is 0.000000140. The Hall–Kier alpha value is -1.07. The van der Waals surface area contributed by atoms with E-state index in [2.05, 4.69) is 131 Å². The summed E-state index contributed by atoms with van der Waals surface area (Å²) in [7, 11) is 26.7.